The van der Waals surface area contributed by atoms with Crippen molar-refractivity contribution in [2.45, 2.75) is 39.1 Å². The van der Waals surface area contributed by atoms with E-state index in [0.29, 0.717) is 13.0 Å². The number of hydrogen-bond donors (Lipinski definition) is 0. The van der Waals surface area contributed by atoms with Crippen molar-refractivity contribution in [2.75, 3.05) is 13.1 Å². The molecule has 0 aliphatic rings. The summed E-state index contributed by atoms with van der Waals surface area (Å²) in [5.74, 6) is 0.941. The van der Waals surface area contributed by atoms with Crippen LogP contribution in [0.15, 0.2) is 18.5 Å². The second-order valence-corrected chi connectivity index (χ2v) is 5.57. The van der Waals surface area contributed by atoms with Gasteiger partial charge in [-0.3, -0.25) is 9.78 Å². The Labute approximate surface area is 129 Å². The van der Waals surface area contributed by atoms with Crippen LogP contribution in [-0.2, 0) is 11.3 Å². The van der Waals surface area contributed by atoms with Crippen molar-refractivity contribution in [3.8, 4) is 0 Å². The van der Waals surface area contributed by atoms with Gasteiger partial charge in [-0.25, -0.2) is 4.98 Å². The van der Waals surface area contributed by atoms with Gasteiger partial charge in [-0.1, -0.05) is 0 Å². The molecule has 0 bridgehead atoms. The van der Waals surface area contributed by atoms with Crippen molar-refractivity contribution in [1.82, 2.24) is 19.4 Å². The van der Waals surface area contributed by atoms with Crippen LogP contribution in [0.1, 0.15) is 38.4 Å². The minimum atomic E-state index is -0.207. The van der Waals surface area contributed by atoms with Gasteiger partial charge < -0.3 is 9.47 Å². The Hall–Kier alpha value is -1.62. The van der Waals surface area contributed by atoms with Crippen LogP contribution in [0.25, 0.3) is 11.0 Å². The fourth-order valence-electron chi connectivity index (χ4n) is 2.48. The number of fused-ring (bicyclic) bond motifs is 1. The van der Waals surface area contributed by atoms with Gasteiger partial charge in [0.2, 0.25) is 5.91 Å². The number of imidazole rings is 1. The Morgan fingerprint density at radius 3 is 2.76 bits per heavy atom. The minimum absolute atomic E-state index is 0.157. The van der Waals surface area contributed by atoms with E-state index in [1.165, 1.54) is 0 Å². The van der Waals surface area contributed by atoms with Crippen molar-refractivity contribution >= 4 is 28.5 Å². The highest BCUT2D eigenvalue weighted by atomic mass is 35.5. The van der Waals surface area contributed by atoms with Crippen LogP contribution < -0.4 is 0 Å². The highest BCUT2D eigenvalue weighted by Gasteiger charge is 2.17. The van der Waals surface area contributed by atoms with Gasteiger partial charge in [0.15, 0.2) is 0 Å². The smallest absolute Gasteiger partial charge is 0.224 e. The Morgan fingerprint density at radius 1 is 1.43 bits per heavy atom. The fraction of sp³-hybridized carbons (Fsp3) is 0.533. The van der Waals surface area contributed by atoms with Crippen LogP contribution in [0, 0.1) is 0 Å². The summed E-state index contributed by atoms with van der Waals surface area (Å²) in [5, 5.41) is -0.207. The quantitative estimate of drug-likeness (QED) is 0.771. The van der Waals surface area contributed by atoms with E-state index < -0.39 is 0 Å². The van der Waals surface area contributed by atoms with Crippen molar-refractivity contribution in [1.29, 1.82) is 0 Å². The molecule has 1 unspecified atom stereocenters. The summed E-state index contributed by atoms with van der Waals surface area (Å²) >= 11 is 6.21. The number of carbonyl (C=O) groups excluding carboxylic acids is 1. The maximum absolute atomic E-state index is 12.2. The molecule has 0 aliphatic carbocycles. The van der Waals surface area contributed by atoms with Crippen LogP contribution in [0.4, 0.5) is 0 Å². The standard InChI is InChI=1S/C15H21ClN4O/c1-4-19(5-2)14(21)7-9-20-13-6-8-17-10-12(13)18-15(20)11(3)16/h6,8,10-11H,4-5,7,9H2,1-3H3. The molecular formula is C15H21ClN4O. The van der Waals surface area contributed by atoms with Crippen LogP contribution in [0.3, 0.4) is 0 Å². The van der Waals surface area contributed by atoms with E-state index in [1.54, 1.807) is 12.4 Å². The van der Waals surface area contributed by atoms with E-state index >= 15 is 0 Å². The van der Waals surface area contributed by atoms with Gasteiger partial charge in [0.25, 0.3) is 0 Å². The van der Waals surface area contributed by atoms with E-state index in [0.717, 1.165) is 29.9 Å². The Kier molecular flexibility index (Phi) is 5.17. The Balaban J connectivity index is 2.25. The number of rotatable bonds is 6. The molecule has 6 heteroatoms. The molecular weight excluding hydrogens is 288 g/mol. The average Bonchev–Trinajstić information content (AvgIpc) is 2.85. The second kappa shape index (κ2) is 6.89. The number of hydrogen-bond acceptors (Lipinski definition) is 3. The molecule has 1 atom stereocenters. The SMILES string of the molecule is CCN(CC)C(=O)CCn1c(C(C)Cl)nc2cnccc21. The van der Waals surface area contributed by atoms with Crippen molar-refractivity contribution in [3.05, 3.63) is 24.3 Å². The third kappa shape index (κ3) is 3.35. The predicted molar refractivity (Wildman–Crippen MR) is 84.3 cm³/mol. The summed E-state index contributed by atoms with van der Waals surface area (Å²) in [7, 11) is 0. The number of alkyl halides is 1. The normalized spacial score (nSPS) is 12.6. The molecule has 0 saturated heterocycles. The molecule has 2 rings (SSSR count). The van der Waals surface area contributed by atoms with Gasteiger partial charge in [-0.15, -0.1) is 11.6 Å². The van der Waals surface area contributed by atoms with Gasteiger partial charge >= 0.3 is 0 Å². The highest BCUT2D eigenvalue weighted by molar-refractivity contribution is 6.20. The number of nitrogens with zero attached hydrogens (tertiary/aromatic N) is 4. The molecule has 0 fully saturated rings. The molecule has 0 N–H and O–H groups in total. The maximum atomic E-state index is 12.2. The zero-order valence-corrected chi connectivity index (χ0v) is 13.5. The van der Waals surface area contributed by atoms with Gasteiger partial charge in [0.05, 0.1) is 17.1 Å². The maximum Gasteiger partial charge on any atom is 0.224 e. The van der Waals surface area contributed by atoms with E-state index in [4.69, 9.17) is 11.6 Å². The number of aromatic nitrogens is 3. The van der Waals surface area contributed by atoms with E-state index in [9.17, 15) is 4.79 Å². The first-order valence-electron chi connectivity index (χ1n) is 7.30. The van der Waals surface area contributed by atoms with Crippen LogP contribution in [0.2, 0.25) is 0 Å². The largest absolute Gasteiger partial charge is 0.343 e. The minimum Gasteiger partial charge on any atom is -0.343 e. The lowest BCUT2D eigenvalue weighted by molar-refractivity contribution is -0.131. The Bertz CT molecular complexity index is 619. The molecule has 2 aromatic heterocycles. The monoisotopic (exact) mass is 308 g/mol. The summed E-state index contributed by atoms with van der Waals surface area (Å²) in [4.78, 5) is 22.6. The van der Waals surface area contributed by atoms with Crippen molar-refractivity contribution in [3.63, 3.8) is 0 Å². The fourth-order valence-corrected chi connectivity index (χ4v) is 2.65. The van der Waals surface area contributed by atoms with Crippen molar-refractivity contribution in [2.24, 2.45) is 0 Å². The third-order valence-corrected chi connectivity index (χ3v) is 3.80. The first-order chi connectivity index (χ1) is 10.1. The predicted octanol–water partition coefficient (Wildman–Crippen LogP) is 2.99. The molecule has 114 valence electrons. The summed E-state index contributed by atoms with van der Waals surface area (Å²) in [6.07, 6.45) is 3.91. The molecule has 0 radical (unpaired) electrons. The van der Waals surface area contributed by atoms with Gasteiger partial charge in [-0.05, 0) is 26.8 Å². The van der Waals surface area contributed by atoms with Crippen LogP contribution in [0.5, 0.6) is 0 Å². The summed E-state index contributed by atoms with van der Waals surface area (Å²) in [6, 6.07) is 1.91. The zero-order valence-electron chi connectivity index (χ0n) is 12.7. The van der Waals surface area contributed by atoms with Gasteiger partial charge in [-0.2, -0.15) is 0 Å². The molecule has 0 saturated carbocycles. The van der Waals surface area contributed by atoms with Crippen molar-refractivity contribution < 1.29 is 4.79 Å². The average molecular weight is 309 g/mol. The number of halogens is 1. The highest BCUT2D eigenvalue weighted by Crippen LogP contribution is 2.24. The number of aryl methyl sites for hydroxylation is 1. The zero-order chi connectivity index (χ0) is 15.4. The van der Waals surface area contributed by atoms with Gasteiger partial charge in [0.1, 0.15) is 11.3 Å². The molecule has 0 aromatic carbocycles. The summed E-state index contributed by atoms with van der Waals surface area (Å²) < 4.78 is 2.02. The Morgan fingerprint density at radius 2 is 2.14 bits per heavy atom. The summed E-state index contributed by atoms with van der Waals surface area (Å²) in [6.45, 7) is 7.93. The number of carbonyl (C=O) groups is 1. The van der Waals surface area contributed by atoms with Gasteiger partial charge in [0, 0.05) is 32.3 Å². The molecule has 1 amide bonds. The lowest BCUT2D eigenvalue weighted by Crippen LogP contribution is -2.31. The first-order valence-corrected chi connectivity index (χ1v) is 7.74. The third-order valence-electron chi connectivity index (χ3n) is 3.60. The second-order valence-electron chi connectivity index (χ2n) is 4.92. The molecule has 2 aromatic rings. The number of amides is 1. The lowest BCUT2D eigenvalue weighted by atomic mass is 10.3. The molecule has 0 aliphatic heterocycles. The molecule has 21 heavy (non-hydrogen) atoms. The van der Waals surface area contributed by atoms with Crippen LogP contribution in [-0.4, -0.2) is 38.4 Å². The lowest BCUT2D eigenvalue weighted by Gasteiger charge is -2.19. The molecule has 5 nitrogen and oxygen atoms in total. The number of pyridine rings is 1. The van der Waals surface area contributed by atoms with E-state index in [1.807, 2.05) is 36.3 Å². The molecule has 2 heterocycles. The topological polar surface area (TPSA) is 51.0 Å². The van der Waals surface area contributed by atoms with E-state index in [-0.39, 0.29) is 11.3 Å². The van der Waals surface area contributed by atoms with Crippen LogP contribution >= 0.6 is 11.6 Å². The van der Waals surface area contributed by atoms with E-state index in [2.05, 4.69) is 9.97 Å². The first kappa shape index (κ1) is 15.8. The summed E-state index contributed by atoms with van der Waals surface area (Å²) in [5.41, 5.74) is 1.79. The molecule has 0 spiro atoms.